The van der Waals surface area contributed by atoms with Gasteiger partial charge >= 0.3 is 0 Å². The summed E-state index contributed by atoms with van der Waals surface area (Å²) in [5, 5.41) is 22.1. The van der Waals surface area contributed by atoms with Gasteiger partial charge in [0, 0.05) is 18.2 Å². The lowest BCUT2D eigenvalue weighted by Crippen LogP contribution is -2.18. The number of fused-ring (bicyclic) bond motifs is 1. The number of rotatable bonds is 5. The van der Waals surface area contributed by atoms with Gasteiger partial charge in [0.1, 0.15) is 22.5 Å². The van der Waals surface area contributed by atoms with Crippen molar-refractivity contribution in [3.63, 3.8) is 0 Å². The van der Waals surface area contributed by atoms with E-state index in [2.05, 4.69) is 43.2 Å². The van der Waals surface area contributed by atoms with Gasteiger partial charge in [-0.1, -0.05) is 33.8 Å². The van der Waals surface area contributed by atoms with E-state index in [1.54, 1.807) is 12.1 Å². The van der Waals surface area contributed by atoms with Gasteiger partial charge in [0.15, 0.2) is 0 Å². The molecule has 3 aromatic rings. The number of phenolic OH excluding ortho intramolecular Hbond substituents is 1. The van der Waals surface area contributed by atoms with Gasteiger partial charge in [-0.05, 0) is 54.5 Å². The minimum atomic E-state index is -0.0534. The smallest absolute Gasteiger partial charge is 0.224 e. The Morgan fingerprint density at radius 3 is 2.54 bits per heavy atom. The number of carbonyl (C=O) groups excluding carboxylic acids is 1. The largest absolute Gasteiger partial charge is 0.506 e. The van der Waals surface area contributed by atoms with Crippen LogP contribution in [0, 0.1) is 18.3 Å². The summed E-state index contributed by atoms with van der Waals surface area (Å²) in [5.41, 5.74) is 3.84. The van der Waals surface area contributed by atoms with Gasteiger partial charge in [0.05, 0.1) is 0 Å². The number of aryl methyl sites for hydroxylation is 1. The number of hydrogen-bond donors (Lipinski definition) is 2. The van der Waals surface area contributed by atoms with E-state index in [9.17, 15) is 9.90 Å². The van der Waals surface area contributed by atoms with Crippen molar-refractivity contribution in [3.05, 3.63) is 42.0 Å². The molecule has 1 heterocycles. The number of amides is 1. The first-order chi connectivity index (χ1) is 13.1. The lowest BCUT2D eigenvalue weighted by molar-refractivity contribution is -0.117. The normalized spacial score (nSPS) is 12.9. The van der Waals surface area contributed by atoms with Crippen LogP contribution in [0.15, 0.2) is 36.4 Å². The zero-order valence-corrected chi connectivity index (χ0v) is 17.2. The fourth-order valence-electron chi connectivity index (χ4n) is 3.55. The molecular weight excluding hydrogens is 352 g/mol. The zero-order chi connectivity index (χ0) is 20.5. The third kappa shape index (κ3) is 4.88. The summed E-state index contributed by atoms with van der Waals surface area (Å²) in [7, 11) is 0. The second kappa shape index (κ2) is 7.62. The molecule has 0 saturated heterocycles. The van der Waals surface area contributed by atoms with Gasteiger partial charge in [-0.25, -0.2) is 0 Å². The maximum Gasteiger partial charge on any atom is 0.224 e. The number of benzene rings is 2. The van der Waals surface area contributed by atoms with Gasteiger partial charge in [-0.3, -0.25) is 4.79 Å². The van der Waals surface area contributed by atoms with Crippen molar-refractivity contribution >= 4 is 22.6 Å². The lowest BCUT2D eigenvalue weighted by atomic mass is 9.84. The number of hydrogen-bond acceptors (Lipinski definition) is 4. The van der Waals surface area contributed by atoms with Crippen molar-refractivity contribution in [2.75, 3.05) is 5.32 Å². The molecule has 0 saturated carbocycles. The SMILES string of the molecule is Cc1ccc2nn(-c3ccc(NC(=O)CC(C)CC(C)(C)C)cc3O)nc2c1. The molecule has 2 aromatic carbocycles. The molecule has 0 radical (unpaired) electrons. The van der Waals surface area contributed by atoms with Crippen LogP contribution in [0.4, 0.5) is 5.69 Å². The number of aromatic nitrogens is 3. The Morgan fingerprint density at radius 2 is 1.86 bits per heavy atom. The second-order valence-corrected chi connectivity index (χ2v) is 8.81. The van der Waals surface area contributed by atoms with Crippen LogP contribution in [0.5, 0.6) is 5.75 Å². The molecule has 0 fully saturated rings. The van der Waals surface area contributed by atoms with Crippen LogP contribution in [0.1, 0.15) is 46.1 Å². The number of nitrogens with zero attached hydrogens (tertiary/aromatic N) is 3. The molecule has 0 aliphatic carbocycles. The summed E-state index contributed by atoms with van der Waals surface area (Å²) >= 11 is 0. The van der Waals surface area contributed by atoms with E-state index >= 15 is 0 Å². The molecule has 0 aliphatic heterocycles. The highest BCUT2D eigenvalue weighted by Gasteiger charge is 2.18. The first kappa shape index (κ1) is 19.9. The van der Waals surface area contributed by atoms with Gasteiger partial charge in [0.2, 0.25) is 5.91 Å². The summed E-state index contributed by atoms with van der Waals surface area (Å²) in [6.45, 7) is 10.6. The molecule has 3 rings (SSSR count). The Bertz CT molecular complexity index is 1000. The summed E-state index contributed by atoms with van der Waals surface area (Å²) < 4.78 is 0. The maximum atomic E-state index is 12.3. The lowest BCUT2D eigenvalue weighted by Gasteiger charge is -2.22. The highest BCUT2D eigenvalue weighted by atomic mass is 16.3. The summed E-state index contributed by atoms with van der Waals surface area (Å²) in [6.07, 6.45) is 1.42. The monoisotopic (exact) mass is 380 g/mol. The molecule has 6 heteroatoms. The number of phenols is 1. The molecule has 1 atom stereocenters. The first-order valence-electron chi connectivity index (χ1n) is 9.58. The Labute approximate surface area is 165 Å². The highest BCUT2D eigenvalue weighted by Crippen LogP contribution is 2.28. The Balaban J connectivity index is 1.72. The fourth-order valence-corrected chi connectivity index (χ4v) is 3.55. The molecule has 0 bridgehead atoms. The molecule has 1 aromatic heterocycles. The average Bonchev–Trinajstić information content (AvgIpc) is 2.95. The molecule has 1 unspecified atom stereocenters. The van der Waals surface area contributed by atoms with Crippen molar-refractivity contribution < 1.29 is 9.90 Å². The number of anilines is 1. The minimum absolute atomic E-state index is 0.0116. The van der Waals surface area contributed by atoms with Crippen LogP contribution in [0.3, 0.4) is 0 Å². The summed E-state index contributed by atoms with van der Waals surface area (Å²) in [6, 6.07) is 10.8. The van der Waals surface area contributed by atoms with Crippen molar-refractivity contribution in [3.8, 4) is 11.4 Å². The third-order valence-corrected chi connectivity index (χ3v) is 4.51. The Kier molecular flexibility index (Phi) is 5.40. The molecule has 28 heavy (non-hydrogen) atoms. The zero-order valence-electron chi connectivity index (χ0n) is 17.2. The van der Waals surface area contributed by atoms with Gasteiger partial charge < -0.3 is 10.4 Å². The predicted molar refractivity (Wildman–Crippen MR) is 112 cm³/mol. The van der Waals surface area contributed by atoms with Crippen molar-refractivity contribution in [1.29, 1.82) is 0 Å². The van der Waals surface area contributed by atoms with Gasteiger partial charge in [0.25, 0.3) is 0 Å². The van der Waals surface area contributed by atoms with Crippen LogP contribution in [0.25, 0.3) is 16.7 Å². The van der Waals surface area contributed by atoms with Crippen LogP contribution in [0.2, 0.25) is 0 Å². The summed E-state index contributed by atoms with van der Waals surface area (Å²) in [4.78, 5) is 13.7. The van der Waals surface area contributed by atoms with Crippen LogP contribution in [-0.2, 0) is 4.79 Å². The van der Waals surface area contributed by atoms with Gasteiger partial charge in [-0.15, -0.1) is 15.0 Å². The highest BCUT2D eigenvalue weighted by molar-refractivity contribution is 5.91. The minimum Gasteiger partial charge on any atom is -0.506 e. The molecule has 0 aliphatic rings. The van der Waals surface area contributed by atoms with Crippen LogP contribution < -0.4 is 5.32 Å². The Hall–Kier alpha value is -2.89. The molecule has 0 spiro atoms. The topological polar surface area (TPSA) is 80.0 Å². The second-order valence-electron chi connectivity index (χ2n) is 8.81. The third-order valence-electron chi connectivity index (χ3n) is 4.51. The summed E-state index contributed by atoms with van der Waals surface area (Å²) in [5.74, 6) is 0.247. The fraction of sp³-hybridized carbons (Fsp3) is 0.409. The van der Waals surface area contributed by atoms with E-state index in [0.717, 1.165) is 23.0 Å². The van der Waals surface area contributed by atoms with E-state index < -0.39 is 0 Å². The molecule has 148 valence electrons. The van der Waals surface area contributed by atoms with E-state index in [4.69, 9.17) is 0 Å². The van der Waals surface area contributed by atoms with Crippen molar-refractivity contribution in [2.24, 2.45) is 11.3 Å². The molecule has 1 amide bonds. The van der Waals surface area contributed by atoms with E-state index in [0.29, 0.717) is 17.8 Å². The number of nitrogens with one attached hydrogen (secondary N) is 1. The van der Waals surface area contributed by atoms with Crippen molar-refractivity contribution in [1.82, 2.24) is 15.0 Å². The number of aromatic hydroxyl groups is 1. The van der Waals surface area contributed by atoms with Crippen LogP contribution >= 0.6 is 0 Å². The van der Waals surface area contributed by atoms with Crippen molar-refractivity contribution in [2.45, 2.75) is 47.5 Å². The average molecular weight is 380 g/mol. The van der Waals surface area contributed by atoms with Crippen LogP contribution in [-0.4, -0.2) is 26.0 Å². The number of carbonyl (C=O) groups is 1. The Morgan fingerprint density at radius 1 is 1.14 bits per heavy atom. The molecule has 2 N–H and O–H groups in total. The quantitative estimate of drug-likeness (QED) is 0.664. The van der Waals surface area contributed by atoms with E-state index in [-0.39, 0.29) is 23.0 Å². The molecule has 6 nitrogen and oxygen atoms in total. The molecular formula is C22H28N4O2. The van der Waals surface area contributed by atoms with E-state index in [1.165, 1.54) is 10.9 Å². The predicted octanol–water partition coefficient (Wildman–Crippen LogP) is 4.84. The van der Waals surface area contributed by atoms with E-state index in [1.807, 2.05) is 25.1 Å². The maximum absolute atomic E-state index is 12.3. The standard InChI is InChI=1S/C22H28N4O2/c1-14-6-8-17-18(10-14)25-26(24-17)19-9-7-16(12-20(19)27)23-21(28)11-15(2)13-22(3,4)5/h6-10,12,15,27H,11,13H2,1-5H3,(H,23,28). The first-order valence-corrected chi connectivity index (χ1v) is 9.58. The van der Waals surface area contributed by atoms with Gasteiger partial charge in [-0.2, -0.15) is 0 Å².